The first-order chi connectivity index (χ1) is 13.7. The molecule has 0 fully saturated rings. The highest BCUT2D eigenvalue weighted by atomic mass is 16.6. The van der Waals surface area contributed by atoms with E-state index in [0.29, 0.717) is 22.8 Å². The van der Waals surface area contributed by atoms with Crippen molar-refractivity contribution in [2.45, 2.75) is 6.10 Å². The third-order valence-electron chi connectivity index (χ3n) is 4.39. The van der Waals surface area contributed by atoms with Gasteiger partial charge in [0, 0.05) is 5.56 Å². The van der Waals surface area contributed by atoms with Crippen LogP contribution in [0.5, 0.6) is 23.0 Å². The van der Waals surface area contributed by atoms with E-state index in [1.165, 1.54) is 13.3 Å². The van der Waals surface area contributed by atoms with Crippen LogP contribution in [0.1, 0.15) is 5.56 Å². The number of hydrazone groups is 1. The van der Waals surface area contributed by atoms with Gasteiger partial charge in [-0.1, -0.05) is 30.3 Å². The van der Waals surface area contributed by atoms with E-state index >= 15 is 0 Å². The monoisotopic (exact) mass is 378 g/mol. The Bertz CT molecular complexity index is 1060. The van der Waals surface area contributed by atoms with Gasteiger partial charge in [0.1, 0.15) is 6.61 Å². The number of nitrogens with zero attached hydrogens (tertiary/aromatic N) is 1. The summed E-state index contributed by atoms with van der Waals surface area (Å²) >= 11 is 0. The van der Waals surface area contributed by atoms with Crippen LogP contribution < -0.4 is 19.6 Å². The maximum absolute atomic E-state index is 12.4. The van der Waals surface area contributed by atoms with Crippen LogP contribution in [-0.4, -0.2) is 37.0 Å². The van der Waals surface area contributed by atoms with E-state index in [2.05, 4.69) is 10.5 Å². The van der Waals surface area contributed by atoms with Crippen molar-refractivity contribution in [1.82, 2.24) is 5.43 Å². The molecule has 3 aromatic carbocycles. The first-order valence-electron chi connectivity index (χ1n) is 8.67. The molecule has 4 rings (SSSR count). The Balaban J connectivity index is 1.44. The predicted molar refractivity (Wildman–Crippen MR) is 104 cm³/mol. The van der Waals surface area contributed by atoms with Gasteiger partial charge in [-0.05, 0) is 35.0 Å². The lowest BCUT2D eigenvalue weighted by molar-refractivity contribution is -0.130. The van der Waals surface area contributed by atoms with Crippen LogP contribution in [0.3, 0.4) is 0 Å². The summed E-state index contributed by atoms with van der Waals surface area (Å²) in [5.74, 6) is 0.939. The number of hydrogen-bond acceptors (Lipinski definition) is 6. The summed E-state index contributed by atoms with van der Waals surface area (Å²) in [6, 6.07) is 16.6. The van der Waals surface area contributed by atoms with E-state index in [1.807, 2.05) is 36.4 Å². The zero-order valence-corrected chi connectivity index (χ0v) is 15.1. The number of benzene rings is 3. The molecule has 1 amide bonds. The molecule has 0 spiro atoms. The van der Waals surface area contributed by atoms with Gasteiger partial charge < -0.3 is 19.3 Å². The summed E-state index contributed by atoms with van der Waals surface area (Å²) in [7, 11) is 1.46. The van der Waals surface area contributed by atoms with E-state index in [9.17, 15) is 9.90 Å². The molecule has 0 saturated heterocycles. The lowest BCUT2D eigenvalue weighted by Gasteiger charge is -2.25. The van der Waals surface area contributed by atoms with E-state index in [0.717, 1.165) is 10.8 Å². The van der Waals surface area contributed by atoms with Gasteiger partial charge in [-0.2, -0.15) is 5.10 Å². The number of methoxy groups -OCH3 is 1. The van der Waals surface area contributed by atoms with Crippen molar-refractivity contribution in [3.63, 3.8) is 0 Å². The van der Waals surface area contributed by atoms with Crippen LogP contribution in [0.15, 0.2) is 59.7 Å². The largest absolute Gasteiger partial charge is 0.504 e. The van der Waals surface area contributed by atoms with E-state index in [4.69, 9.17) is 14.2 Å². The highest BCUT2D eigenvalue weighted by Crippen LogP contribution is 2.35. The minimum Gasteiger partial charge on any atom is -0.504 e. The molecule has 1 atom stereocenters. The number of hydrogen-bond donors (Lipinski definition) is 2. The molecule has 1 aliphatic heterocycles. The Kier molecular flexibility index (Phi) is 4.72. The fourth-order valence-corrected chi connectivity index (χ4v) is 2.93. The number of rotatable bonds is 4. The average Bonchev–Trinajstić information content (AvgIpc) is 2.73. The standard InChI is InChI=1S/C21H18N2O5/c1-26-16-8-4-7-15(20(16)24)11-22-23-21(25)19-12-27-17-9-13-5-2-3-6-14(13)10-18(17)28-19/h2-11,19,24H,12H2,1H3,(H,23,25)/b22-11+. The van der Waals surface area contributed by atoms with Crippen LogP contribution in [0.4, 0.5) is 0 Å². The van der Waals surface area contributed by atoms with E-state index < -0.39 is 12.0 Å². The summed E-state index contributed by atoms with van der Waals surface area (Å²) in [5.41, 5.74) is 2.82. The molecule has 1 aliphatic rings. The number of nitrogens with one attached hydrogen (secondary N) is 1. The lowest BCUT2D eigenvalue weighted by atomic mass is 10.1. The molecule has 3 aromatic rings. The third-order valence-corrected chi connectivity index (χ3v) is 4.39. The second-order valence-corrected chi connectivity index (χ2v) is 6.20. The lowest BCUT2D eigenvalue weighted by Crippen LogP contribution is -2.42. The van der Waals surface area contributed by atoms with Crippen molar-refractivity contribution in [2.75, 3.05) is 13.7 Å². The highest BCUT2D eigenvalue weighted by molar-refractivity contribution is 5.88. The summed E-state index contributed by atoms with van der Waals surface area (Å²) in [6.45, 7) is 0.0805. The smallest absolute Gasteiger partial charge is 0.284 e. The second kappa shape index (κ2) is 7.48. The molecule has 1 unspecified atom stereocenters. The zero-order valence-electron chi connectivity index (χ0n) is 15.1. The Hall–Kier alpha value is -3.74. The van der Waals surface area contributed by atoms with Gasteiger partial charge in [-0.3, -0.25) is 4.79 Å². The molecular formula is C21H18N2O5. The molecule has 28 heavy (non-hydrogen) atoms. The van der Waals surface area contributed by atoms with Crippen LogP contribution >= 0.6 is 0 Å². The Morgan fingerprint density at radius 3 is 2.68 bits per heavy atom. The van der Waals surface area contributed by atoms with Crippen LogP contribution in [0, 0.1) is 0 Å². The minimum atomic E-state index is -0.829. The zero-order chi connectivity index (χ0) is 19.5. The predicted octanol–water partition coefficient (Wildman–Crippen LogP) is 2.84. The van der Waals surface area contributed by atoms with E-state index in [1.54, 1.807) is 18.2 Å². The van der Waals surface area contributed by atoms with Gasteiger partial charge in [0.25, 0.3) is 5.91 Å². The first kappa shape index (κ1) is 17.7. The quantitative estimate of drug-likeness (QED) is 0.538. The van der Waals surface area contributed by atoms with Crippen molar-refractivity contribution in [3.8, 4) is 23.0 Å². The number of phenolic OH excluding ortho intramolecular Hbond substituents is 1. The number of ether oxygens (including phenoxy) is 3. The summed E-state index contributed by atoms with van der Waals surface area (Å²) in [5, 5.41) is 15.9. The first-order valence-corrected chi connectivity index (χ1v) is 8.67. The molecule has 1 heterocycles. The van der Waals surface area contributed by atoms with Crippen molar-refractivity contribution in [3.05, 3.63) is 60.2 Å². The molecule has 7 nitrogen and oxygen atoms in total. The highest BCUT2D eigenvalue weighted by Gasteiger charge is 2.27. The molecule has 2 N–H and O–H groups in total. The number of aromatic hydroxyl groups is 1. The molecule has 0 aliphatic carbocycles. The minimum absolute atomic E-state index is 0.0546. The van der Waals surface area contributed by atoms with Gasteiger partial charge in [0.05, 0.1) is 13.3 Å². The van der Waals surface area contributed by atoms with Gasteiger partial charge in [-0.25, -0.2) is 5.43 Å². The average molecular weight is 378 g/mol. The Labute approximate surface area is 161 Å². The van der Waals surface area contributed by atoms with E-state index in [-0.39, 0.29) is 12.4 Å². The maximum atomic E-state index is 12.4. The van der Waals surface area contributed by atoms with Crippen LogP contribution in [0.2, 0.25) is 0 Å². The molecule has 142 valence electrons. The number of phenols is 1. The van der Waals surface area contributed by atoms with Gasteiger partial charge in [0.15, 0.2) is 23.0 Å². The molecular weight excluding hydrogens is 360 g/mol. The maximum Gasteiger partial charge on any atom is 0.284 e. The van der Waals surface area contributed by atoms with Crippen molar-refractivity contribution in [2.24, 2.45) is 5.10 Å². The summed E-state index contributed by atoms with van der Waals surface area (Å²) in [4.78, 5) is 12.4. The number of amides is 1. The van der Waals surface area contributed by atoms with Crippen molar-refractivity contribution in [1.29, 1.82) is 0 Å². The Morgan fingerprint density at radius 2 is 1.93 bits per heavy atom. The number of fused-ring (bicyclic) bond motifs is 2. The van der Waals surface area contributed by atoms with Crippen LogP contribution in [0.25, 0.3) is 10.8 Å². The SMILES string of the molecule is COc1cccc(/C=N/NC(=O)C2COc3cc4ccccc4cc3O2)c1O. The van der Waals surface area contributed by atoms with Crippen molar-refractivity contribution >= 4 is 22.9 Å². The second-order valence-electron chi connectivity index (χ2n) is 6.20. The topological polar surface area (TPSA) is 89.4 Å². The van der Waals surface area contributed by atoms with Gasteiger partial charge in [0.2, 0.25) is 6.10 Å². The van der Waals surface area contributed by atoms with Gasteiger partial charge >= 0.3 is 0 Å². The molecule has 0 saturated carbocycles. The number of carbonyl (C=O) groups excluding carboxylic acids is 1. The van der Waals surface area contributed by atoms with Crippen LogP contribution in [-0.2, 0) is 4.79 Å². The Morgan fingerprint density at radius 1 is 1.18 bits per heavy atom. The normalized spacial score (nSPS) is 15.5. The number of carbonyl (C=O) groups is 1. The molecule has 7 heteroatoms. The fraction of sp³-hybridized carbons (Fsp3) is 0.143. The summed E-state index contributed by atoms with van der Waals surface area (Å²) < 4.78 is 16.5. The van der Waals surface area contributed by atoms with Gasteiger partial charge in [-0.15, -0.1) is 0 Å². The number of para-hydroxylation sites is 1. The third kappa shape index (κ3) is 3.42. The molecule has 0 aromatic heterocycles. The summed E-state index contributed by atoms with van der Waals surface area (Å²) in [6.07, 6.45) is 0.505. The van der Waals surface area contributed by atoms with Crippen molar-refractivity contribution < 1.29 is 24.1 Å². The molecule has 0 radical (unpaired) electrons. The molecule has 0 bridgehead atoms. The fourth-order valence-electron chi connectivity index (χ4n) is 2.93.